The van der Waals surface area contributed by atoms with Crippen LogP contribution in [0.2, 0.25) is 0 Å². The lowest BCUT2D eigenvalue weighted by molar-refractivity contribution is -0.143. The predicted octanol–water partition coefficient (Wildman–Crippen LogP) is 14.1. The van der Waals surface area contributed by atoms with E-state index < -0.39 is 12.1 Å². The number of aliphatic hydroxyl groups is 2. The molecule has 0 radical (unpaired) electrons. The van der Waals surface area contributed by atoms with Crippen molar-refractivity contribution in [3.8, 4) is 0 Å². The van der Waals surface area contributed by atoms with Crippen LogP contribution in [0.4, 0.5) is 0 Å². The van der Waals surface area contributed by atoms with E-state index in [0.717, 1.165) is 70.6 Å². The van der Waals surface area contributed by atoms with E-state index >= 15 is 0 Å². The Hall–Kier alpha value is -1.92. The molecule has 6 heteroatoms. The number of nitrogens with one attached hydrogen (secondary N) is 1. The molecule has 6 nitrogen and oxygen atoms in total. The molecule has 0 saturated heterocycles. The minimum Gasteiger partial charge on any atom is -0.466 e. The Bertz CT molecular complexity index is 915. The van der Waals surface area contributed by atoms with Gasteiger partial charge in [-0.3, -0.25) is 9.59 Å². The minimum atomic E-state index is -0.875. The average Bonchev–Trinajstić information content (AvgIpc) is 3.20. The van der Waals surface area contributed by atoms with Crippen LogP contribution in [0.5, 0.6) is 0 Å². The highest BCUT2D eigenvalue weighted by Crippen LogP contribution is 2.15. The highest BCUT2D eigenvalue weighted by molar-refractivity contribution is 5.76. The van der Waals surface area contributed by atoms with Crippen LogP contribution < -0.4 is 5.32 Å². The van der Waals surface area contributed by atoms with Gasteiger partial charge in [-0.1, -0.05) is 192 Å². The summed E-state index contributed by atoms with van der Waals surface area (Å²) in [6, 6.07) is -0.666. The number of carbonyl (C=O) groups is 2. The number of esters is 1. The van der Waals surface area contributed by atoms with E-state index in [9.17, 15) is 19.8 Å². The smallest absolute Gasteiger partial charge is 0.305 e. The number of allylic oxidation sites excluding steroid dienone is 5. The Kier molecular flexibility index (Phi) is 44.2. The quantitative estimate of drug-likeness (QED) is 0.0325. The van der Waals surface area contributed by atoms with Crippen molar-refractivity contribution >= 4 is 11.9 Å². The number of rotatable bonds is 44. The topological polar surface area (TPSA) is 95.9 Å². The van der Waals surface area contributed by atoms with Gasteiger partial charge in [-0.15, -0.1) is 0 Å². The van der Waals surface area contributed by atoms with E-state index in [2.05, 4.69) is 43.5 Å². The van der Waals surface area contributed by atoms with E-state index in [1.165, 1.54) is 148 Å². The summed E-state index contributed by atoms with van der Waals surface area (Å²) >= 11 is 0. The maximum atomic E-state index is 12.4. The van der Waals surface area contributed by atoms with Crippen LogP contribution in [0.3, 0.4) is 0 Å². The van der Waals surface area contributed by atoms with Gasteiger partial charge in [-0.2, -0.15) is 0 Å². The molecule has 2 unspecified atom stereocenters. The SMILES string of the molecule is CCCCCC/C=C\CCCCCCCC(=O)OCCCCCC/C=C\CCCC(=O)NC(CO)C(O)/C=C/CCCCCCCCCCCCCCCCC. The van der Waals surface area contributed by atoms with Crippen LogP contribution in [0.15, 0.2) is 36.5 Å². The Morgan fingerprint density at radius 1 is 0.482 bits per heavy atom. The zero-order valence-electron chi connectivity index (χ0n) is 37.1. The molecule has 1 amide bonds. The Morgan fingerprint density at radius 3 is 1.32 bits per heavy atom. The lowest BCUT2D eigenvalue weighted by Crippen LogP contribution is -2.45. The van der Waals surface area contributed by atoms with Gasteiger partial charge in [0, 0.05) is 12.8 Å². The summed E-state index contributed by atoms with van der Waals surface area (Å²) in [7, 11) is 0. The van der Waals surface area contributed by atoms with Crippen molar-refractivity contribution in [2.24, 2.45) is 0 Å². The molecular formula is C50H93NO5. The number of hydrogen-bond donors (Lipinski definition) is 3. The first-order valence-corrected chi connectivity index (χ1v) is 24.3. The second kappa shape index (κ2) is 45.8. The van der Waals surface area contributed by atoms with E-state index in [4.69, 9.17) is 4.74 Å². The largest absolute Gasteiger partial charge is 0.466 e. The lowest BCUT2D eigenvalue weighted by atomic mass is 10.0. The first kappa shape index (κ1) is 54.1. The first-order chi connectivity index (χ1) is 27.5. The lowest BCUT2D eigenvalue weighted by Gasteiger charge is -2.19. The molecule has 3 N–H and O–H groups in total. The highest BCUT2D eigenvalue weighted by atomic mass is 16.5. The molecule has 0 fully saturated rings. The summed E-state index contributed by atoms with van der Waals surface area (Å²) in [5.41, 5.74) is 0. The molecule has 56 heavy (non-hydrogen) atoms. The Morgan fingerprint density at radius 2 is 0.857 bits per heavy atom. The molecule has 0 bridgehead atoms. The van der Waals surface area contributed by atoms with Crippen molar-refractivity contribution in [1.29, 1.82) is 0 Å². The summed E-state index contributed by atoms with van der Waals surface area (Å²) in [5.74, 6) is -0.177. The summed E-state index contributed by atoms with van der Waals surface area (Å²) in [6.07, 6.45) is 54.3. The second-order valence-corrected chi connectivity index (χ2v) is 16.4. The number of hydrogen-bond acceptors (Lipinski definition) is 5. The Labute approximate surface area is 347 Å². The summed E-state index contributed by atoms with van der Waals surface area (Å²) in [5, 5.41) is 23.0. The maximum Gasteiger partial charge on any atom is 0.305 e. The molecule has 2 atom stereocenters. The minimum absolute atomic E-state index is 0.0479. The molecule has 0 heterocycles. The molecule has 0 saturated carbocycles. The fourth-order valence-electron chi connectivity index (χ4n) is 7.10. The number of amides is 1. The van der Waals surface area contributed by atoms with Crippen LogP contribution in [0, 0.1) is 0 Å². The zero-order valence-corrected chi connectivity index (χ0v) is 37.1. The van der Waals surface area contributed by atoms with Gasteiger partial charge in [0.05, 0.1) is 25.4 Å². The maximum absolute atomic E-state index is 12.4. The molecule has 0 aliphatic carbocycles. The van der Waals surface area contributed by atoms with Crippen LogP contribution in [0.1, 0.15) is 245 Å². The number of ether oxygens (including phenoxy) is 1. The Balaban J connectivity index is 3.61. The average molecular weight is 788 g/mol. The molecular weight excluding hydrogens is 695 g/mol. The third kappa shape index (κ3) is 41.7. The van der Waals surface area contributed by atoms with Crippen LogP contribution in [-0.4, -0.2) is 47.4 Å². The third-order valence-corrected chi connectivity index (χ3v) is 10.9. The first-order valence-electron chi connectivity index (χ1n) is 24.3. The van der Waals surface area contributed by atoms with Gasteiger partial charge in [0.2, 0.25) is 5.91 Å². The molecule has 328 valence electrons. The van der Waals surface area contributed by atoms with Gasteiger partial charge in [0.1, 0.15) is 0 Å². The van der Waals surface area contributed by atoms with Crippen molar-refractivity contribution in [1.82, 2.24) is 5.32 Å². The van der Waals surface area contributed by atoms with Crippen molar-refractivity contribution < 1.29 is 24.5 Å². The van der Waals surface area contributed by atoms with Crippen LogP contribution in [0.25, 0.3) is 0 Å². The normalized spacial score (nSPS) is 13.0. The summed E-state index contributed by atoms with van der Waals surface area (Å²) in [4.78, 5) is 24.4. The van der Waals surface area contributed by atoms with Gasteiger partial charge in [0.15, 0.2) is 0 Å². The summed E-state index contributed by atoms with van der Waals surface area (Å²) in [6.45, 7) is 4.78. The monoisotopic (exact) mass is 788 g/mol. The van der Waals surface area contributed by atoms with E-state index in [1.807, 2.05) is 6.08 Å². The van der Waals surface area contributed by atoms with E-state index in [-0.39, 0.29) is 18.5 Å². The van der Waals surface area contributed by atoms with Crippen molar-refractivity contribution in [2.75, 3.05) is 13.2 Å². The number of aliphatic hydroxyl groups excluding tert-OH is 2. The fraction of sp³-hybridized carbons (Fsp3) is 0.840. The van der Waals surface area contributed by atoms with Crippen molar-refractivity contribution in [3.63, 3.8) is 0 Å². The molecule has 0 spiro atoms. The van der Waals surface area contributed by atoms with Gasteiger partial charge in [0.25, 0.3) is 0 Å². The van der Waals surface area contributed by atoms with Gasteiger partial charge in [-0.25, -0.2) is 0 Å². The number of unbranched alkanes of at least 4 members (excludes halogenated alkanes) is 29. The summed E-state index contributed by atoms with van der Waals surface area (Å²) < 4.78 is 5.42. The van der Waals surface area contributed by atoms with Crippen molar-refractivity contribution in [3.05, 3.63) is 36.5 Å². The predicted molar refractivity (Wildman–Crippen MR) is 241 cm³/mol. The molecule has 0 aromatic rings. The molecule has 0 aromatic heterocycles. The van der Waals surface area contributed by atoms with Gasteiger partial charge >= 0.3 is 5.97 Å². The number of carbonyl (C=O) groups excluding carboxylic acids is 2. The van der Waals surface area contributed by atoms with Crippen molar-refractivity contribution in [2.45, 2.75) is 257 Å². The third-order valence-electron chi connectivity index (χ3n) is 10.9. The fourth-order valence-corrected chi connectivity index (χ4v) is 7.10. The van der Waals surface area contributed by atoms with E-state index in [0.29, 0.717) is 19.4 Å². The standard InChI is InChI=1S/C50H93NO5/c1-3-5-7-9-11-13-15-17-18-19-20-22-23-26-30-34-38-42-48(53)47(46-52)51-49(54)43-39-35-31-27-25-29-33-37-41-45-56-50(55)44-40-36-32-28-24-21-16-14-12-10-8-6-4-2/h14,16,27,31,38,42,47-48,52-53H,3-13,15,17-26,28-30,32-37,39-41,43-46H2,1-2H3,(H,51,54)/b16-14-,31-27-,42-38+. The molecule has 0 aliphatic heterocycles. The highest BCUT2D eigenvalue weighted by Gasteiger charge is 2.17. The van der Waals surface area contributed by atoms with Crippen LogP contribution >= 0.6 is 0 Å². The van der Waals surface area contributed by atoms with Gasteiger partial charge < -0.3 is 20.3 Å². The molecule has 0 aromatic carbocycles. The molecule has 0 aliphatic rings. The zero-order chi connectivity index (χ0) is 40.8. The molecule has 0 rings (SSSR count). The second-order valence-electron chi connectivity index (χ2n) is 16.4. The van der Waals surface area contributed by atoms with Crippen LogP contribution in [-0.2, 0) is 14.3 Å². The van der Waals surface area contributed by atoms with E-state index in [1.54, 1.807) is 6.08 Å². The van der Waals surface area contributed by atoms with Gasteiger partial charge in [-0.05, 0) is 77.0 Å².